The first-order valence-corrected chi connectivity index (χ1v) is 14.3. The number of carbonyl (C=O) groups is 5. The summed E-state index contributed by atoms with van der Waals surface area (Å²) >= 11 is 1.82. The SMILES string of the molecule is NCCCC[C@H](NC(=O)CNC(=O)CCCC[C@@H]1SC[C@@H]2NC(=O)N[C@@H]21)C(=O)N[C@@H](Cc1cnc[nH]1)C(=O)O. The molecule has 5 amide bonds. The third kappa shape index (κ3) is 9.73. The number of unbranched alkanes of at least 4 members (excludes halogenated alkanes) is 2. The van der Waals surface area contributed by atoms with Crippen LogP contribution in [0.5, 0.6) is 0 Å². The maximum Gasteiger partial charge on any atom is 0.326 e. The van der Waals surface area contributed by atoms with Gasteiger partial charge in [-0.1, -0.05) is 6.42 Å². The molecule has 2 saturated heterocycles. The molecule has 9 N–H and O–H groups in total. The van der Waals surface area contributed by atoms with Gasteiger partial charge in [0.15, 0.2) is 0 Å². The quantitative estimate of drug-likeness (QED) is 0.0852. The lowest BCUT2D eigenvalue weighted by molar-refractivity contribution is -0.142. The minimum absolute atomic E-state index is 0.00674. The van der Waals surface area contributed by atoms with E-state index in [0.29, 0.717) is 36.8 Å². The lowest BCUT2D eigenvalue weighted by Gasteiger charge is -2.21. The summed E-state index contributed by atoms with van der Waals surface area (Å²) < 4.78 is 0. The van der Waals surface area contributed by atoms with Crippen molar-refractivity contribution in [3.63, 3.8) is 0 Å². The highest BCUT2D eigenvalue weighted by molar-refractivity contribution is 8.00. The molecule has 0 aliphatic carbocycles. The fourth-order valence-corrected chi connectivity index (χ4v) is 6.18. The number of amides is 5. The van der Waals surface area contributed by atoms with Crippen LogP contribution < -0.4 is 32.3 Å². The minimum Gasteiger partial charge on any atom is -0.480 e. The van der Waals surface area contributed by atoms with Gasteiger partial charge in [-0.3, -0.25) is 14.4 Å². The summed E-state index contributed by atoms with van der Waals surface area (Å²) in [6.45, 7) is 0.123. The Hall–Kier alpha value is -3.33. The Morgan fingerprint density at radius 1 is 1.10 bits per heavy atom. The molecule has 39 heavy (non-hydrogen) atoms. The predicted molar refractivity (Wildman–Crippen MR) is 144 cm³/mol. The first-order valence-electron chi connectivity index (χ1n) is 13.2. The molecule has 0 unspecified atom stereocenters. The second kappa shape index (κ2) is 15.3. The maximum atomic E-state index is 12.9. The number of carbonyl (C=O) groups excluding carboxylic acids is 4. The Morgan fingerprint density at radius 3 is 2.64 bits per heavy atom. The zero-order valence-corrected chi connectivity index (χ0v) is 22.6. The highest BCUT2D eigenvalue weighted by Gasteiger charge is 2.42. The topological polar surface area (TPSA) is 220 Å². The summed E-state index contributed by atoms with van der Waals surface area (Å²) in [6, 6.07) is -2.00. The van der Waals surface area contributed by atoms with Gasteiger partial charge in [-0.25, -0.2) is 14.6 Å². The van der Waals surface area contributed by atoms with E-state index in [1.165, 1.54) is 12.5 Å². The molecular weight excluding hydrogens is 528 g/mol. The van der Waals surface area contributed by atoms with Crippen LogP contribution in [-0.4, -0.2) is 93.1 Å². The van der Waals surface area contributed by atoms with Crippen molar-refractivity contribution in [1.82, 2.24) is 36.6 Å². The van der Waals surface area contributed by atoms with Crippen molar-refractivity contribution in [2.75, 3.05) is 18.8 Å². The molecule has 0 radical (unpaired) electrons. The van der Waals surface area contributed by atoms with Crippen molar-refractivity contribution in [2.24, 2.45) is 5.73 Å². The molecule has 3 rings (SSSR count). The number of nitrogens with zero attached hydrogens (tertiary/aromatic N) is 1. The average molecular weight is 567 g/mol. The molecular formula is C24H38N8O6S. The standard InChI is InChI=1S/C24H38N8O6S/c25-8-4-3-5-15(22(35)30-16(23(36)37)9-14-10-26-13-28-14)29-20(34)11-27-19(33)7-2-1-6-18-21-17(12-39-18)31-24(38)32-21/h10,13,15-18,21H,1-9,11-12,25H2,(H,26,28)(H,27,33)(H,29,34)(H,30,35)(H,36,37)(H2,31,32,38)/t15-,16-,17-,18-,21-/m0/s1. The number of H-pyrrole nitrogens is 1. The monoisotopic (exact) mass is 566 g/mol. The van der Waals surface area contributed by atoms with Crippen LogP contribution in [0, 0.1) is 0 Å². The first kappa shape index (κ1) is 30.2. The number of fused-ring (bicyclic) bond motifs is 1. The van der Waals surface area contributed by atoms with Gasteiger partial charge in [0.1, 0.15) is 12.1 Å². The molecule has 14 nitrogen and oxygen atoms in total. The van der Waals surface area contributed by atoms with E-state index >= 15 is 0 Å². The van der Waals surface area contributed by atoms with Gasteiger partial charge in [0.2, 0.25) is 17.7 Å². The number of nitrogens with one attached hydrogen (secondary N) is 6. The molecule has 1 aromatic heterocycles. The van der Waals surface area contributed by atoms with Crippen LogP contribution in [0.3, 0.4) is 0 Å². The van der Waals surface area contributed by atoms with E-state index in [1.54, 1.807) is 0 Å². The third-order valence-corrected chi connectivity index (χ3v) is 8.23. The van der Waals surface area contributed by atoms with Crippen molar-refractivity contribution in [3.8, 4) is 0 Å². The lowest BCUT2D eigenvalue weighted by Crippen LogP contribution is -2.53. The Labute approximate surface area is 230 Å². The molecule has 3 heterocycles. The molecule has 216 valence electrons. The van der Waals surface area contributed by atoms with Crippen LogP contribution in [-0.2, 0) is 25.6 Å². The molecule has 0 spiro atoms. The number of thioether (sulfide) groups is 1. The second-order valence-corrected chi connectivity index (χ2v) is 11.0. The summed E-state index contributed by atoms with van der Waals surface area (Å²) in [5.41, 5.74) is 6.08. The molecule has 0 bridgehead atoms. The predicted octanol–water partition coefficient (Wildman–Crippen LogP) is -1.02. The lowest BCUT2D eigenvalue weighted by atomic mass is 10.0. The summed E-state index contributed by atoms with van der Waals surface area (Å²) in [7, 11) is 0. The van der Waals surface area contributed by atoms with Gasteiger partial charge >= 0.3 is 12.0 Å². The number of hydrogen-bond donors (Lipinski definition) is 8. The van der Waals surface area contributed by atoms with Gasteiger partial charge in [-0.2, -0.15) is 11.8 Å². The van der Waals surface area contributed by atoms with Crippen LogP contribution in [0.15, 0.2) is 12.5 Å². The Kier molecular flexibility index (Phi) is 11.9. The van der Waals surface area contributed by atoms with Gasteiger partial charge < -0.3 is 42.4 Å². The third-order valence-electron chi connectivity index (χ3n) is 6.72. The van der Waals surface area contributed by atoms with E-state index in [1.807, 2.05) is 11.8 Å². The molecule has 2 aliphatic rings. The van der Waals surface area contributed by atoms with Crippen molar-refractivity contribution in [3.05, 3.63) is 18.2 Å². The van der Waals surface area contributed by atoms with Crippen molar-refractivity contribution >= 4 is 41.5 Å². The van der Waals surface area contributed by atoms with Gasteiger partial charge in [0.25, 0.3) is 0 Å². The van der Waals surface area contributed by atoms with Crippen LogP contribution in [0.4, 0.5) is 4.79 Å². The summed E-state index contributed by atoms with van der Waals surface area (Å²) in [4.78, 5) is 67.4. The molecule has 1 aromatic rings. The molecule has 15 heteroatoms. The fourth-order valence-electron chi connectivity index (χ4n) is 4.64. The van der Waals surface area contributed by atoms with E-state index in [0.717, 1.165) is 18.6 Å². The number of carboxylic acid groups (broad SMARTS) is 1. The van der Waals surface area contributed by atoms with E-state index in [9.17, 15) is 29.1 Å². The van der Waals surface area contributed by atoms with Crippen LogP contribution >= 0.6 is 11.8 Å². The molecule has 0 aromatic carbocycles. The van der Waals surface area contributed by atoms with E-state index in [2.05, 4.69) is 36.6 Å². The molecule has 5 atom stereocenters. The van der Waals surface area contributed by atoms with Crippen LogP contribution in [0.2, 0.25) is 0 Å². The summed E-state index contributed by atoms with van der Waals surface area (Å²) in [5, 5.41) is 23.4. The van der Waals surface area contributed by atoms with Gasteiger partial charge in [-0.05, 0) is 38.6 Å². The largest absolute Gasteiger partial charge is 0.480 e. The maximum absolute atomic E-state index is 12.9. The van der Waals surface area contributed by atoms with Crippen molar-refractivity contribution in [2.45, 2.75) is 80.8 Å². The van der Waals surface area contributed by atoms with Crippen LogP contribution in [0.25, 0.3) is 0 Å². The number of hydrogen-bond acceptors (Lipinski definition) is 8. The van der Waals surface area contributed by atoms with Gasteiger partial charge in [-0.15, -0.1) is 0 Å². The highest BCUT2D eigenvalue weighted by atomic mass is 32.2. The summed E-state index contributed by atoms with van der Waals surface area (Å²) in [5.74, 6) is -1.77. The number of aliphatic carboxylic acids is 1. The number of carboxylic acids is 1. The average Bonchev–Trinajstić information content (AvgIpc) is 3.63. The Bertz CT molecular complexity index is 993. The number of urea groups is 1. The number of aromatic amines is 1. The first-order chi connectivity index (χ1) is 18.8. The zero-order valence-electron chi connectivity index (χ0n) is 21.7. The number of nitrogens with two attached hydrogens (primary N) is 1. The van der Waals surface area contributed by atoms with Crippen LogP contribution in [0.1, 0.15) is 50.6 Å². The number of rotatable bonds is 17. The second-order valence-electron chi connectivity index (χ2n) is 9.73. The number of imidazole rings is 1. The van der Waals surface area contributed by atoms with E-state index in [-0.39, 0.29) is 49.8 Å². The molecule has 2 fully saturated rings. The molecule has 2 aliphatic heterocycles. The zero-order chi connectivity index (χ0) is 28.2. The van der Waals surface area contributed by atoms with Crippen molar-refractivity contribution < 1.29 is 29.1 Å². The van der Waals surface area contributed by atoms with Crippen molar-refractivity contribution in [1.29, 1.82) is 0 Å². The van der Waals surface area contributed by atoms with Gasteiger partial charge in [0, 0.05) is 35.7 Å². The summed E-state index contributed by atoms with van der Waals surface area (Å²) in [6.07, 6.45) is 6.98. The normalized spacial score (nSPS) is 21.3. The fraction of sp³-hybridized carbons (Fsp3) is 0.667. The van der Waals surface area contributed by atoms with E-state index < -0.39 is 29.9 Å². The minimum atomic E-state index is -1.21. The number of aromatic nitrogens is 2. The Balaban J connectivity index is 1.38. The van der Waals surface area contributed by atoms with Gasteiger partial charge in [0.05, 0.1) is 25.0 Å². The highest BCUT2D eigenvalue weighted by Crippen LogP contribution is 2.33. The Morgan fingerprint density at radius 2 is 1.92 bits per heavy atom. The van der Waals surface area contributed by atoms with E-state index in [4.69, 9.17) is 5.73 Å². The molecule has 0 saturated carbocycles. The smallest absolute Gasteiger partial charge is 0.326 e.